The number of ketones is 1. The van der Waals surface area contributed by atoms with Gasteiger partial charge < -0.3 is 14.7 Å². The minimum absolute atomic E-state index is 0.0419. The van der Waals surface area contributed by atoms with E-state index in [2.05, 4.69) is 9.97 Å². The number of pyridine rings is 2. The standard InChI is InChI=1S/C23H19N3O4/c1-30-18-4-2-3-15(13-18)14-26-20(16-5-9-24-10-6-16)19(22(28)23(26)29)21(27)17-7-11-25-12-8-17/h2-13,20,27H,14H2,1H3/b21-19-. The number of hydrogen-bond acceptors (Lipinski definition) is 6. The van der Waals surface area contributed by atoms with E-state index in [9.17, 15) is 14.7 Å². The number of aliphatic hydroxyl groups is 1. The van der Waals surface area contributed by atoms with Crippen LogP contribution in [0.15, 0.2) is 78.9 Å². The Morgan fingerprint density at radius 1 is 1.03 bits per heavy atom. The third-order valence-corrected chi connectivity index (χ3v) is 5.00. The quantitative estimate of drug-likeness (QED) is 0.401. The van der Waals surface area contributed by atoms with Crippen LogP contribution in [0.1, 0.15) is 22.7 Å². The third kappa shape index (κ3) is 3.53. The fourth-order valence-electron chi connectivity index (χ4n) is 3.57. The SMILES string of the molecule is COc1cccc(CN2C(=O)C(=O)/C(=C(\O)c3ccncc3)C2c2ccncc2)c1. The number of methoxy groups -OCH3 is 1. The summed E-state index contributed by atoms with van der Waals surface area (Å²) >= 11 is 0. The molecule has 4 rings (SSSR count). The van der Waals surface area contributed by atoms with E-state index in [1.165, 1.54) is 17.3 Å². The molecule has 1 aliphatic rings. The zero-order valence-electron chi connectivity index (χ0n) is 16.2. The molecule has 1 aromatic carbocycles. The van der Waals surface area contributed by atoms with Crippen LogP contribution in [0.5, 0.6) is 5.75 Å². The Balaban J connectivity index is 1.83. The number of likely N-dealkylation sites (tertiary alicyclic amines) is 1. The molecule has 150 valence electrons. The topological polar surface area (TPSA) is 92.6 Å². The first kappa shape index (κ1) is 19.3. The van der Waals surface area contributed by atoms with E-state index in [0.29, 0.717) is 16.9 Å². The average molecular weight is 401 g/mol. The van der Waals surface area contributed by atoms with Gasteiger partial charge in [-0.25, -0.2) is 0 Å². The van der Waals surface area contributed by atoms with Crippen molar-refractivity contribution in [2.75, 3.05) is 7.11 Å². The molecule has 3 aromatic rings. The summed E-state index contributed by atoms with van der Waals surface area (Å²) in [5.74, 6) is -0.976. The molecule has 1 aliphatic heterocycles. The molecular formula is C23H19N3O4. The Bertz CT molecular complexity index is 1110. The summed E-state index contributed by atoms with van der Waals surface area (Å²) in [6.45, 7) is 0.182. The first-order valence-corrected chi connectivity index (χ1v) is 9.32. The van der Waals surface area contributed by atoms with Gasteiger partial charge in [0.05, 0.1) is 18.7 Å². The first-order valence-electron chi connectivity index (χ1n) is 9.32. The molecule has 30 heavy (non-hydrogen) atoms. The van der Waals surface area contributed by atoms with Gasteiger partial charge in [-0.1, -0.05) is 12.1 Å². The number of benzene rings is 1. The molecule has 0 bridgehead atoms. The molecule has 3 heterocycles. The van der Waals surface area contributed by atoms with Crippen LogP contribution >= 0.6 is 0 Å². The molecule has 2 aromatic heterocycles. The smallest absolute Gasteiger partial charge is 0.295 e. The monoisotopic (exact) mass is 401 g/mol. The number of Topliss-reactive ketones (excluding diaryl/α,β-unsaturated/α-hetero) is 1. The highest BCUT2D eigenvalue weighted by Crippen LogP contribution is 2.40. The molecule has 0 aliphatic carbocycles. The van der Waals surface area contributed by atoms with Crippen LogP contribution in [-0.4, -0.2) is 38.8 Å². The second-order valence-corrected chi connectivity index (χ2v) is 6.79. The van der Waals surface area contributed by atoms with Crippen molar-refractivity contribution >= 4 is 17.4 Å². The predicted octanol–water partition coefficient (Wildman–Crippen LogP) is 3.11. The van der Waals surface area contributed by atoms with E-state index in [0.717, 1.165) is 5.56 Å². The summed E-state index contributed by atoms with van der Waals surface area (Å²) in [4.78, 5) is 35.3. The number of rotatable bonds is 5. The number of nitrogens with zero attached hydrogens (tertiary/aromatic N) is 3. The molecule has 1 amide bonds. The van der Waals surface area contributed by atoms with Gasteiger partial charge in [0.15, 0.2) is 0 Å². The van der Waals surface area contributed by atoms with Gasteiger partial charge in [0.25, 0.3) is 11.7 Å². The number of carbonyl (C=O) groups excluding carboxylic acids is 2. The molecule has 7 nitrogen and oxygen atoms in total. The van der Waals surface area contributed by atoms with Gasteiger partial charge in [-0.05, 0) is 47.5 Å². The van der Waals surface area contributed by atoms with E-state index in [1.807, 2.05) is 18.2 Å². The van der Waals surface area contributed by atoms with Crippen molar-refractivity contribution in [1.29, 1.82) is 0 Å². The van der Waals surface area contributed by atoms with Crippen molar-refractivity contribution in [2.24, 2.45) is 0 Å². The van der Waals surface area contributed by atoms with Crippen LogP contribution < -0.4 is 4.74 Å². The van der Waals surface area contributed by atoms with Crippen LogP contribution in [0, 0.1) is 0 Å². The summed E-state index contributed by atoms with van der Waals surface area (Å²) in [6, 6.07) is 13.2. The van der Waals surface area contributed by atoms with Crippen molar-refractivity contribution in [3.8, 4) is 5.75 Å². The molecule has 0 radical (unpaired) electrons. The second-order valence-electron chi connectivity index (χ2n) is 6.79. The lowest BCUT2D eigenvalue weighted by Crippen LogP contribution is -2.29. The first-order chi connectivity index (χ1) is 14.6. The van der Waals surface area contributed by atoms with Crippen LogP contribution in [0.3, 0.4) is 0 Å². The van der Waals surface area contributed by atoms with Crippen molar-refractivity contribution in [3.05, 3.63) is 95.6 Å². The normalized spacial score (nSPS) is 17.9. The van der Waals surface area contributed by atoms with E-state index in [4.69, 9.17) is 4.74 Å². The molecule has 0 spiro atoms. The lowest BCUT2D eigenvalue weighted by molar-refractivity contribution is -0.140. The highest BCUT2D eigenvalue weighted by atomic mass is 16.5. The summed E-state index contributed by atoms with van der Waals surface area (Å²) in [7, 11) is 1.57. The Morgan fingerprint density at radius 2 is 1.70 bits per heavy atom. The highest BCUT2D eigenvalue weighted by Gasteiger charge is 2.46. The molecule has 1 N–H and O–H groups in total. The molecule has 1 fully saturated rings. The number of aromatic nitrogens is 2. The molecule has 1 atom stereocenters. The van der Waals surface area contributed by atoms with E-state index in [-0.39, 0.29) is 17.9 Å². The molecular weight excluding hydrogens is 382 g/mol. The summed E-state index contributed by atoms with van der Waals surface area (Å²) in [6.07, 6.45) is 6.21. The Morgan fingerprint density at radius 3 is 2.37 bits per heavy atom. The highest BCUT2D eigenvalue weighted by molar-refractivity contribution is 6.46. The largest absolute Gasteiger partial charge is 0.507 e. The molecule has 1 saturated heterocycles. The number of aliphatic hydroxyl groups excluding tert-OH is 1. The zero-order chi connectivity index (χ0) is 21.1. The third-order valence-electron chi connectivity index (χ3n) is 5.00. The van der Waals surface area contributed by atoms with Gasteiger partial charge in [0.1, 0.15) is 11.5 Å². The molecule has 7 heteroatoms. The Hall–Kier alpha value is -4.00. The Kier molecular flexibility index (Phi) is 5.26. The van der Waals surface area contributed by atoms with E-state index >= 15 is 0 Å². The number of ether oxygens (including phenoxy) is 1. The average Bonchev–Trinajstić information content (AvgIpc) is 3.05. The van der Waals surface area contributed by atoms with Gasteiger partial charge >= 0.3 is 0 Å². The van der Waals surface area contributed by atoms with E-state index in [1.54, 1.807) is 49.8 Å². The maximum absolute atomic E-state index is 13.0. The van der Waals surface area contributed by atoms with Crippen molar-refractivity contribution in [1.82, 2.24) is 14.9 Å². The van der Waals surface area contributed by atoms with Gasteiger partial charge in [-0.2, -0.15) is 0 Å². The molecule has 0 saturated carbocycles. The minimum Gasteiger partial charge on any atom is -0.507 e. The van der Waals surface area contributed by atoms with E-state index < -0.39 is 17.7 Å². The van der Waals surface area contributed by atoms with Gasteiger partial charge in [-0.3, -0.25) is 19.6 Å². The van der Waals surface area contributed by atoms with Gasteiger partial charge in [0.2, 0.25) is 0 Å². The van der Waals surface area contributed by atoms with Gasteiger partial charge in [-0.15, -0.1) is 0 Å². The number of carbonyl (C=O) groups is 2. The Labute approximate surface area is 173 Å². The van der Waals surface area contributed by atoms with Gasteiger partial charge in [0, 0.05) is 36.9 Å². The van der Waals surface area contributed by atoms with Crippen LogP contribution in [0.2, 0.25) is 0 Å². The van der Waals surface area contributed by atoms with Crippen molar-refractivity contribution < 1.29 is 19.4 Å². The van der Waals surface area contributed by atoms with Crippen LogP contribution in [0.25, 0.3) is 5.76 Å². The lowest BCUT2D eigenvalue weighted by atomic mass is 9.96. The lowest BCUT2D eigenvalue weighted by Gasteiger charge is -2.25. The minimum atomic E-state index is -0.743. The van der Waals surface area contributed by atoms with Crippen LogP contribution in [0.4, 0.5) is 0 Å². The summed E-state index contributed by atoms with van der Waals surface area (Å²) in [5, 5.41) is 10.9. The maximum Gasteiger partial charge on any atom is 0.295 e. The maximum atomic E-state index is 13.0. The number of amides is 1. The second kappa shape index (κ2) is 8.16. The predicted molar refractivity (Wildman–Crippen MR) is 109 cm³/mol. The number of hydrogen-bond donors (Lipinski definition) is 1. The van der Waals surface area contributed by atoms with Crippen molar-refractivity contribution in [3.63, 3.8) is 0 Å². The molecule has 1 unspecified atom stereocenters. The van der Waals surface area contributed by atoms with Crippen LogP contribution in [-0.2, 0) is 16.1 Å². The summed E-state index contributed by atoms with van der Waals surface area (Å²) < 4.78 is 5.26. The zero-order valence-corrected chi connectivity index (χ0v) is 16.2. The van der Waals surface area contributed by atoms with Crippen molar-refractivity contribution in [2.45, 2.75) is 12.6 Å². The fraction of sp³-hybridized carbons (Fsp3) is 0.130. The summed E-state index contributed by atoms with van der Waals surface area (Å²) in [5.41, 5.74) is 1.95. The fourth-order valence-corrected chi connectivity index (χ4v) is 3.57.